The normalized spacial score (nSPS) is 14.9. The topological polar surface area (TPSA) is 74.2 Å². The van der Waals surface area contributed by atoms with Gasteiger partial charge in [-0.1, -0.05) is 16.8 Å². The number of ether oxygens (including phenoxy) is 2. The van der Waals surface area contributed by atoms with Crippen LogP contribution in [0.1, 0.15) is 11.1 Å². The van der Waals surface area contributed by atoms with Gasteiger partial charge >= 0.3 is 11.9 Å². The van der Waals surface area contributed by atoms with E-state index < -0.39 is 11.9 Å². The molecule has 0 spiro atoms. The molecule has 0 aromatic heterocycles. The van der Waals surface area contributed by atoms with Gasteiger partial charge < -0.3 is 14.3 Å². The SMILES string of the molecule is COC(=O)/C=C1\C(C(=O)OC)=NOc2ccc(C)cc21. The number of carbonyl (C=O) groups excluding carboxylic acids is 2. The van der Waals surface area contributed by atoms with E-state index in [1.165, 1.54) is 20.3 Å². The van der Waals surface area contributed by atoms with Crippen molar-refractivity contribution in [2.75, 3.05) is 14.2 Å². The lowest BCUT2D eigenvalue weighted by atomic mass is 9.97. The molecule has 0 unspecified atom stereocenters. The van der Waals surface area contributed by atoms with E-state index in [4.69, 9.17) is 4.84 Å². The first-order valence-corrected chi connectivity index (χ1v) is 5.81. The summed E-state index contributed by atoms with van der Waals surface area (Å²) in [6, 6.07) is 5.35. The predicted molar refractivity (Wildman–Crippen MR) is 71.3 cm³/mol. The van der Waals surface area contributed by atoms with E-state index in [1.54, 1.807) is 12.1 Å². The molecule has 0 bridgehead atoms. The Labute approximate surface area is 115 Å². The van der Waals surface area contributed by atoms with E-state index in [0.717, 1.165) is 5.56 Å². The van der Waals surface area contributed by atoms with E-state index in [2.05, 4.69) is 14.6 Å². The first-order chi connectivity index (χ1) is 9.56. The average Bonchev–Trinajstić information content (AvgIpc) is 2.46. The highest BCUT2D eigenvalue weighted by Gasteiger charge is 2.27. The summed E-state index contributed by atoms with van der Waals surface area (Å²) >= 11 is 0. The molecule has 0 atom stereocenters. The van der Waals surface area contributed by atoms with Gasteiger partial charge in [0.25, 0.3) is 0 Å². The molecule has 20 heavy (non-hydrogen) atoms. The Morgan fingerprint density at radius 3 is 2.65 bits per heavy atom. The molecule has 0 radical (unpaired) electrons. The van der Waals surface area contributed by atoms with Crippen molar-refractivity contribution in [2.45, 2.75) is 6.92 Å². The van der Waals surface area contributed by atoms with Gasteiger partial charge in [-0.2, -0.15) is 0 Å². The Morgan fingerprint density at radius 2 is 2.00 bits per heavy atom. The lowest BCUT2D eigenvalue weighted by molar-refractivity contribution is -0.134. The highest BCUT2D eigenvalue weighted by molar-refractivity contribution is 6.55. The molecule has 104 valence electrons. The van der Waals surface area contributed by atoms with Crippen LogP contribution in [0.15, 0.2) is 29.4 Å². The van der Waals surface area contributed by atoms with Crippen LogP contribution in [0, 0.1) is 6.92 Å². The minimum absolute atomic E-state index is 0.0731. The van der Waals surface area contributed by atoms with Crippen molar-refractivity contribution in [3.8, 4) is 5.75 Å². The zero-order valence-corrected chi connectivity index (χ0v) is 11.3. The summed E-state index contributed by atoms with van der Waals surface area (Å²) in [6.45, 7) is 1.89. The third-order valence-corrected chi connectivity index (χ3v) is 2.76. The molecular formula is C14H13NO5. The lowest BCUT2D eigenvalue weighted by Gasteiger charge is -2.17. The fraction of sp³-hybridized carbons (Fsp3) is 0.214. The highest BCUT2D eigenvalue weighted by atomic mass is 16.6. The van der Waals surface area contributed by atoms with Gasteiger partial charge in [-0.15, -0.1) is 0 Å². The third kappa shape index (κ3) is 2.54. The number of esters is 2. The molecule has 1 aliphatic rings. The number of aryl methyl sites for hydroxylation is 1. The minimum atomic E-state index is -0.688. The Morgan fingerprint density at radius 1 is 1.25 bits per heavy atom. The van der Waals surface area contributed by atoms with Crippen LogP contribution in [-0.4, -0.2) is 31.9 Å². The van der Waals surface area contributed by atoms with Crippen LogP contribution >= 0.6 is 0 Å². The van der Waals surface area contributed by atoms with Crippen LogP contribution in [0.5, 0.6) is 5.75 Å². The van der Waals surface area contributed by atoms with Crippen molar-refractivity contribution >= 4 is 23.2 Å². The molecule has 0 amide bonds. The van der Waals surface area contributed by atoms with Gasteiger partial charge in [-0.3, -0.25) is 0 Å². The molecule has 0 aliphatic carbocycles. The average molecular weight is 275 g/mol. The molecule has 0 fully saturated rings. The fourth-order valence-electron chi connectivity index (χ4n) is 1.77. The molecule has 0 saturated carbocycles. The third-order valence-electron chi connectivity index (χ3n) is 2.76. The summed E-state index contributed by atoms with van der Waals surface area (Å²) in [6.07, 6.45) is 1.19. The zero-order chi connectivity index (χ0) is 14.7. The second-order valence-corrected chi connectivity index (χ2v) is 4.10. The number of carbonyl (C=O) groups is 2. The molecule has 2 rings (SSSR count). The zero-order valence-electron chi connectivity index (χ0n) is 11.3. The summed E-state index contributed by atoms with van der Waals surface area (Å²) in [5.74, 6) is -0.823. The number of fused-ring (bicyclic) bond motifs is 1. The molecule has 6 nitrogen and oxygen atoms in total. The monoisotopic (exact) mass is 275 g/mol. The van der Waals surface area contributed by atoms with Gasteiger partial charge in [0.2, 0.25) is 0 Å². The largest absolute Gasteiger partial charge is 0.466 e. The van der Waals surface area contributed by atoms with Crippen molar-refractivity contribution in [2.24, 2.45) is 5.16 Å². The lowest BCUT2D eigenvalue weighted by Crippen LogP contribution is -2.22. The number of hydrogen-bond donors (Lipinski definition) is 0. The number of rotatable bonds is 2. The van der Waals surface area contributed by atoms with Crippen LogP contribution in [0.4, 0.5) is 0 Å². The Kier molecular flexibility index (Phi) is 3.84. The maximum Gasteiger partial charge on any atom is 0.360 e. The molecule has 1 aromatic carbocycles. The molecule has 0 saturated heterocycles. The van der Waals surface area contributed by atoms with Crippen molar-refractivity contribution in [3.63, 3.8) is 0 Å². The fourth-order valence-corrected chi connectivity index (χ4v) is 1.77. The molecule has 0 N–H and O–H groups in total. The maximum absolute atomic E-state index is 11.7. The smallest absolute Gasteiger partial charge is 0.360 e. The van der Waals surface area contributed by atoms with E-state index in [-0.39, 0.29) is 5.71 Å². The molecule has 1 aliphatic heterocycles. The quantitative estimate of drug-likeness (QED) is 0.603. The summed E-state index contributed by atoms with van der Waals surface area (Å²) in [4.78, 5) is 28.4. The number of oxime groups is 1. The van der Waals surface area contributed by atoms with Crippen LogP contribution in [0.2, 0.25) is 0 Å². The van der Waals surface area contributed by atoms with Gasteiger partial charge in [-0.25, -0.2) is 9.59 Å². The number of benzene rings is 1. The Balaban J connectivity index is 2.58. The van der Waals surface area contributed by atoms with E-state index in [0.29, 0.717) is 16.9 Å². The number of hydrogen-bond acceptors (Lipinski definition) is 6. The van der Waals surface area contributed by atoms with E-state index >= 15 is 0 Å². The van der Waals surface area contributed by atoms with Gasteiger partial charge in [0, 0.05) is 17.2 Å². The highest BCUT2D eigenvalue weighted by Crippen LogP contribution is 2.32. The van der Waals surface area contributed by atoms with Crippen LogP contribution in [-0.2, 0) is 19.1 Å². The summed E-state index contributed by atoms with van der Waals surface area (Å²) in [7, 11) is 2.48. The van der Waals surface area contributed by atoms with Crippen molar-refractivity contribution in [1.82, 2.24) is 0 Å². The standard InChI is InChI=1S/C14H13NO5/c1-8-4-5-11-9(6-8)10(7-12(16)18-2)13(15-20-11)14(17)19-3/h4-7H,1-3H3/b10-7-. The summed E-state index contributed by atoms with van der Waals surface area (Å²) in [5, 5.41) is 3.71. The van der Waals surface area contributed by atoms with Gasteiger partial charge in [0.15, 0.2) is 11.5 Å². The maximum atomic E-state index is 11.7. The Hall–Kier alpha value is -2.63. The molecule has 6 heteroatoms. The van der Waals surface area contributed by atoms with Crippen LogP contribution in [0.3, 0.4) is 0 Å². The van der Waals surface area contributed by atoms with Gasteiger partial charge in [0.1, 0.15) is 0 Å². The first-order valence-electron chi connectivity index (χ1n) is 5.81. The second kappa shape index (κ2) is 5.56. The molecular weight excluding hydrogens is 262 g/mol. The number of methoxy groups -OCH3 is 2. The first kappa shape index (κ1) is 13.8. The summed E-state index contributed by atoms with van der Waals surface area (Å²) in [5.41, 5.74) is 1.78. The Bertz CT molecular complexity index is 630. The van der Waals surface area contributed by atoms with E-state index in [1.807, 2.05) is 13.0 Å². The van der Waals surface area contributed by atoms with Gasteiger partial charge in [0.05, 0.1) is 14.2 Å². The second-order valence-electron chi connectivity index (χ2n) is 4.10. The minimum Gasteiger partial charge on any atom is -0.466 e. The van der Waals surface area contributed by atoms with Gasteiger partial charge in [-0.05, 0) is 19.1 Å². The van der Waals surface area contributed by atoms with Crippen LogP contribution < -0.4 is 4.84 Å². The molecule has 1 aromatic rings. The van der Waals surface area contributed by atoms with Crippen molar-refractivity contribution < 1.29 is 23.9 Å². The van der Waals surface area contributed by atoms with Crippen LogP contribution in [0.25, 0.3) is 5.57 Å². The predicted octanol–water partition coefficient (Wildman–Crippen LogP) is 1.47. The number of nitrogens with zero attached hydrogens (tertiary/aromatic N) is 1. The molecule has 1 heterocycles. The van der Waals surface area contributed by atoms with E-state index in [9.17, 15) is 9.59 Å². The summed E-state index contributed by atoms with van der Waals surface area (Å²) < 4.78 is 9.23. The van der Waals surface area contributed by atoms with Crippen molar-refractivity contribution in [3.05, 3.63) is 35.4 Å². The van der Waals surface area contributed by atoms with Crippen molar-refractivity contribution in [1.29, 1.82) is 0 Å².